The number of halogens is 4. The molecule has 0 saturated carbocycles. The Bertz CT molecular complexity index is 861. The third-order valence-corrected chi connectivity index (χ3v) is 4.80. The van der Waals surface area contributed by atoms with Gasteiger partial charge in [-0.1, -0.05) is 18.2 Å². The highest BCUT2D eigenvalue weighted by molar-refractivity contribution is 5.85. The summed E-state index contributed by atoms with van der Waals surface area (Å²) in [4.78, 5) is 26.7. The van der Waals surface area contributed by atoms with E-state index >= 15 is 0 Å². The summed E-state index contributed by atoms with van der Waals surface area (Å²) in [5, 5.41) is 10.7. The minimum atomic E-state index is -0.847. The van der Waals surface area contributed by atoms with Crippen molar-refractivity contribution in [1.29, 1.82) is 0 Å². The number of nitro groups is 1. The van der Waals surface area contributed by atoms with Crippen molar-refractivity contribution in [2.75, 3.05) is 32.7 Å². The van der Waals surface area contributed by atoms with Crippen molar-refractivity contribution in [3.63, 3.8) is 0 Å². The highest BCUT2D eigenvalue weighted by Gasteiger charge is 2.19. The van der Waals surface area contributed by atoms with Gasteiger partial charge in [0.15, 0.2) is 17.4 Å². The average molecular weight is 462 g/mol. The lowest BCUT2D eigenvalue weighted by atomic mass is 10.1. The molecule has 6 nitrogen and oxygen atoms in total. The lowest BCUT2D eigenvalue weighted by molar-refractivity contribution is -0.384. The largest absolute Gasteiger partial charge is 0.298 e. The zero-order valence-electron chi connectivity index (χ0n) is 16.1. The summed E-state index contributed by atoms with van der Waals surface area (Å²) in [7, 11) is 0. The predicted octanol–water partition coefficient (Wildman–Crippen LogP) is 3.65. The van der Waals surface area contributed by atoms with Crippen molar-refractivity contribution in [1.82, 2.24) is 9.80 Å². The van der Waals surface area contributed by atoms with Crippen LogP contribution in [0, 0.1) is 21.7 Å². The first-order valence-corrected chi connectivity index (χ1v) is 9.04. The topological polar surface area (TPSA) is 66.7 Å². The number of piperazine rings is 1. The molecule has 1 heterocycles. The second kappa shape index (κ2) is 11.9. The summed E-state index contributed by atoms with van der Waals surface area (Å²) < 4.78 is 26.3. The van der Waals surface area contributed by atoms with Gasteiger partial charge < -0.3 is 0 Å². The Balaban J connectivity index is 0.00000225. The van der Waals surface area contributed by atoms with Gasteiger partial charge in [0, 0.05) is 51.3 Å². The molecule has 0 aliphatic carbocycles. The minimum Gasteiger partial charge on any atom is -0.298 e. The van der Waals surface area contributed by atoms with Gasteiger partial charge in [-0.25, -0.2) is 8.78 Å². The van der Waals surface area contributed by atoms with E-state index in [1.807, 2.05) is 0 Å². The lowest BCUT2D eigenvalue weighted by Crippen LogP contribution is -2.47. The maximum atomic E-state index is 13.3. The van der Waals surface area contributed by atoms with Crippen LogP contribution < -0.4 is 0 Å². The van der Waals surface area contributed by atoms with Gasteiger partial charge in [0.1, 0.15) is 0 Å². The molecule has 0 amide bonds. The molecular formula is C20H23Cl2F2N3O3. The number of nitro benzene ring substituents is 1. The van der Waals surface area contributed by atoms with E-state index in [4.69, 9.17) is 0 Å². The van der Waals surface area contributed by atoms with Gasteiger partial charge in [-0.15, -0.1) is 24.8 Å². The number of carbonyl (C=O) groups is 1. The molecule has 164 valence electrons. The zero-order chi connectivity index (χ0) is 20.1. The van der Waals surface area contributed by atoms with E-state index in [0.29, 0.717) is 13.1 Å². The molecule has 1 fully saturated rings. The molecule has 3 rings (SSSR count). The van der Waals surface area contributed by atoms with Gasteiger partial charge in [-0.3, -0.25) is 24.7 Å². The number of nitrogens with zero attached hydrogens (tertiary/aromatic N) is 3. The van der Waals surface area contributed by atoms with Gasteiger partial charge in [-0.2, -0.15) is 0 Å². The molecule has 0 spiro atoms. The quantitative estimate of drug-likeness (QED) is 0.465. The second-order valence-electron chi connectivity index (χ2n) is 6.94. The van der Waals surface area contributed by atoms with Gasteiger partial charge in [0.2, 0.25) is 0 Å². The molecule has 0 N–H and O–H groups in total. The van der Waals surface area contributed by atoms with Crippen LogP contribution in [0.4, 0.5) is 14.5 Å². The molecule has 2 aromatic rings. The Morgan fingerprint density at radius 1 is 0.900 bits per heavy atom. The van der Waals surface area contributed by atoms with Crippen LogP contribution in [0.1, 0.15) is 11.1 Å². The van der Waals surface area contributed by atoms with E-state index in [0.717, 1.165) is 43.4 Å². The molecule has 0 radical (unpaired) electrons. The molecule has 1 aliphatic heterocycles. The first kappa shape index (κ1) is 25.9. The smallest absolute Gasteiger partial charge is 0.269 e. The number of hydrogen-bond acceptors (Lipinski definition) is 5. The minimum absolute atomic E-state index is 0. The number of Topliss-reactive ketones (excluding diaryl/α,β-unsaturated/α-hetero) is 1. The maximum Gasteiger partial charge on any atom is 0.269 e. The van der Waals surface area contributed by atoms with Crippen LogP contribution in [0.25, 0.3) is 0 Å². The van der Waals surface area contributed by atoms with Crippen LogP contribution in [0.5, 0.6) is 0 Å². The Morgan fingerprint density at radius 3 is 2.03 bits per heavy atom. The molecule has 0 aromatic heterocycles. The summed E-state index contributed by atoms with van der Waals surface area (Å²) in [6.07, 6.45) is 0.243. The molecular weight excluding hydrogens is 439 g/mol. The highest BCUT2D eigenvalue weighted by Crippen LogP contribution is 2.14. The Morgan fingerprint density at radius 2 is 1.47 bits per heavy atom. The number of carbonyl (C=O) groups excluding carboxylic acids is 1. The van der Waals surface area contributed by atoms with E-state index < -0.39 is 16.6 Å². The van der Waals surface area contributed by atoms with Crippen molar-refractivity contribution >= 4 is 36.3 Å². The van der Waals surface area contributed by atoms with Crippen molar-refractivity contribution < 1.29 is 18.5 Å². The van der Waals surface area contributed by atoms with Crippen LogP contribution in [0.2, 0.25) is 0 Å². The van der Waals surface area contributed by atoms with E-state index in [-0.39, 0.29) is 42.7 Å². The van der Waals surface area contributed by atoms with Crippen LogP contribution in [-0.2, 0) is 17.8 Å². The molecule has 0 bridgehead atoms. The fourth-order valence-corrected chi connectivity index (χ4v) is 3.27. The summed E-state index contributed by atoms with van der Waals surface area (Å²) in [5.74, 6) is -1.63. The van der Waals surface area contributed by atoms with E-state index in [1.165, 1.54) is 18.2 Å². The van der Waals surface area contributed by atoms with Gasteiger partial charge in [0.05, 0.1) is 11.5 Å². The first-order valence-electron chi connectivity index (χ1n) is 9.04. The van der Waals surface area contributed by atoms with Crippen LogP contribution in [-0.4, -0.2) is 53.2 Å². The Hall–Kier alpha value is -2.13. The molecule has 10 heteroatoms. The number of non-ortho nitro benzene ring substituents is 1. The summed E-state index contributed by atoms with van der Waals surface area (Å²) in [6, 6.07) is 9.96. The maximum absolute atomic E-state index is 13.3. The fourth-order valence-electron chi connectivity index (χ4n) is 3.27. The standard InChI is InChI=1S/C20H21F2N3O3.2ClH/c21-19-6-3-16(12-20(19)22)13-23-7-9-24(10-8-23)14-18(26)11-15-1-4-17(5-2-15)25(27)28;;/h1-6,12H,7-11,13-14H2;2*1H. The van der Waals surface area contributed by atoms with E-state index in [9.17, 15) is 23.7 Å². The van der Waals surface area contributed by atoms with Gasteiger partial charge >= 0.3 is 0 Å². The van der Waals surface area contributed by atoms with E-state index in [1.54, 1.807) is 18.2 Å². The first-order chi connectivity index (χ1) is 13.4. The van der Waals surface area contributed by atoms with E-state index in [2.05, 4.69) is 9.80 Å². The van der Waals surface area contributed by atoms with Crippen LogP contribution in [0.3, 0.4) is 0 Å². The summed E-state index contributed by atoms with van der Waals surface area (Å²) in [6.45, 7) is 3.79. The lowest BCUT2D eigenvalue weighted by Gasteiger charge is -2.34. The molecule has 0 atom stereocenters. The second-order valence-corrected chi connectivity index (χ2v) is 6.94. The molecule has 1 aliphatic rings. The molecule has 1 saturated heterocycles. The Labute approximate surface area is 185 Å². The highest BCUT2D eigenvalue weighted by atomic mass is 35.5. The zero-order valence-corrected chi connectivity index (χ0v) is 17.8. The third-order valence-electron chi connectivity index (χ3n) is 4.80. The summed E-state index contributed by atoms with van der Waals surface area (Å²) in [5.41, 5.74) is 1.49. The number of benzene rings is 2. The van der Waals surface area contributed by atoms with Crippen molar-refractivity contribution in [3.8, 4) is 0 Å². The van der Waals surface area contributed by atoms with Gasteiger partial charge in [-0.05, 0) is 23.3 Å². The third kappa shape index (κ3) is 7.28. The van der Waals surface area contributed by atoms with Crippen molar-refractivity contribution in [2.24, 2.45) is 0 Å². The van der Waals surface area contributed by atoms with Crippen LogP contribution in [0.15, 0.2) is 42.5 Å². The normalized spacial score (nSPS) is 14.5. The molecule has 0 unspecified atom stereocenters. The van der Waals surface area contributed by atoms with Crippen molar-refractivity contribution in [3.05, 3.63) is 75.3 Å². The number of hydrogen-bond donors (Lipinski definition) is 0. The van der Waals surface area contributed by atoms with Gasteiger partial charge in [0.25, 0.3) is 5.69 Å². The van der Waals surface area contributed by atoms with Crippen molar-refractivity contribution in [2.45, 2.75) is 13.0 Å². The summed E-state index contributed by atoms with van der Waals surface area (Å²) >= 11 is 0. The Kier molecular flexibility index (Phi) is 10.3. The molecule has 2 aromatic carbocycles. The number of rotatable bonds is 7. The SMILES string of the molecule is Cl.Cl.O=C(Cc1ccc([N+](=O)[O-])cc1)CN1CCN(Cc2ccc(F)c(F)c2)CC1. The average Bonchev–Trinajstić information content (AvgIpc) is 2.67. The monoisotopic (exact) mass is 461 g/mol. The fraction of sp³-hybridized carbons (Fsp3) is 0.350. The molecule has 30 heavy (non-hydrogen) atoms. The van der Waals surface area contributed by atoms with Crippen LogP contribution >= 0.6 is 24.8 Å². The predicted molar refractivity (Wildman–Crippen MR) is 114 cm³/mol. The number of ketones is 1.